The second-order valence-corrected chi connectivity index (χ2v) is 5.70. The molecule has 4 nitrogen and oxygen atoms in total. The van der Waals surface area contributed by atoms with Crippen LogP contribution in [0, 0.1) is 5.92 Å². The standard InChI is InChI=1S/C14H22N2O2/c1-10(2)16-8-4-5-12(16)13(18)15-14(3,9-17)11-6-7-11/h4-5,8,10-11,17H,6-7,9H2,1-3H3,(H,15,18). The minimum absolute atomic E-state index is 0.00814. The van der Waals surface area contributed by atoms with Gasteiger partial charge in [0, 0.05) is 12.2 Å². The topological polar surface area (TPSA) is 54.3 Å². The fraction of sp³-hybridized carbons (Fsp3) is 0.643. The van der Waals surface area contributed by atoms with Crippen molar-refractivity contribution >= 4 is 5.91 Å². The summed E-state index contributed by atoms with van der Waals surface area (Å²) in [6.45, 7) is 6.00. The summed E-state index contributed by atoms with van der Waals surface area (Å²) in [4.78, 5) is 12.3. The van der Waals surface area contributed by atoms with Crippen LogP contribution in [0.25, 0.3) is 0 Å². The van der Waals surface area contributed by atoms with Gasteiger partial charge in [0.1, 0.15) is 5.69 Å². The van der Waals surface area contributed by atoms with Crippen LogP contribution in [0.4, 0.5) is 0 Å². The molecular formula is C14H22N2O2. The lowest BCUT2D eigenvalue weighted by molar-refractivity contribution is 0.0814. The Kier molecular flexibility index (Phi) is 3.48. The van der Waals surface area contributed by atoms with Gasteiger partial charge in [0.2, 0.25) is 0 Å². The Morgan fingerprint density at radius 3 is 2.78 bits per heavy atom. The number of carbonyl (C=O) groups is 1. The summed E-state index contributed by atoms with van der Waals surface area (Å²) in [5.74, 6) is 0.311. The molecule has 0 aliphatic heterocycles. The molecular weight excluding hydrogens is 228 g/mol. The Morgan fingerprint density at radius 1 is 1.61 bits per heavy atom. The number of amides is 1. The molecule has 0 aromatic carbocycles. The molecule has 0 bridgehead atoms. The van der Waals surface area contributed by atoms with Gasteiger partial charge in [-0.2, -0.15) is 0 Å². The maximum atomic E-state index is 12.3. The van der Waals surface area contributed by atoms with E-state index in [2.05, 4.69) is 5.32 Å². The number of carbonyl (C=O) groups excluding carboxylic acids is 1. The summed E-state index contributed by atoms with van der Waals surface area (Å²) in [6, 6.07) is 3.95. The average Bonchev–Trinajstić information content (AvgIpc) is 3.06. The van der Waals surface area contributed by atoms with Gasteiger partial charge >= 0.3 is 0 Å². The third kappa shape index (κ3) is 2.43. The fourth-order valence-corrected chi connectivity index (χ4v) is 2.35. The highest BCUT2D eigenvalue weighted by atomic mass is 16.3. The molecule has 1 atom stereocenters. The summed E-state index contributed by atoms with van der Waals surface area (Å²) < 4.78 is 1.94. The Morgan fingerprint density at radius 2 is 2.28 bits per heavy atom. The van der Waals surface area contributed by atoms with E-state index in [1.165, 1.54) is 0 Å². The highest BCUT2D eigenvalue weighted by molar-refractivity contribution is 5.93. The summed E-state index contributed by atoms with van der Waals surface area (Å²) in [5.41, 5.74) is 0.175. The smallest absolute Gasteiger partial charge is 0.268 e. The molecule has 1 amide bonds. The molecule has 1 aliphatic carbocycles. The second kappa shape index (κ2) is 4.76. The van der Waals surface area contributed by atoms with Gasteiger partial charge in [-0.1, -0.05) is 0 Å². The molecule has 4 heteroatoms. The molecule has 1 aliphatic rings. The van der Waals surface area contributed by atoms with Crippen LogP contribution in [0.15, 0.2) is 18.3 Å². The molecule has 0 saturated heterocycles. The van der Waals surface area contributed by atoms with Gasteiger partial charge < -0.3 is 15.0 Å². The Balaban J connectivity index is 2.14. The second-order valence-electron chi connectivity index (χ2n) is 5.70. The third-order valence-electron chi connectivity index (χ3n) is 3.77. The zero-order chi connectivity index (χ0) is 13.3. The molecule has 1 aromatic heterocycles. The van der Waals surface area contributed by atoms with Crippen molar-refractivity contribution in [2.75, 3.05) is 6.61 Å². The number of aliphatic hydroxyl groups is 1. The largest absolute Gasteiger partial charge is 0.394 e. The van der Waals surface area contributed by atoms with Crippen LogP contribution in [0.2, 0.25) is 0 Å². The lowest BCUT2D eigenvalue weighted by atomic mass is 9.97. The van der Waals surface area contributed by atoms with Crippen molar-refractivity contribution in [2.24, 2.45) is 5.92 Å². The van der Waals surface area contributed by atoms with Crippen molar-refractivity contribution in [3.8, 4) is 0 Å². The number of nitrogens with one attached hydrogen (secondary N) is 1. The van der Waals surface area contributed by atoms with Crippen LogP contribution in [0.3, 0.4) is 0 Å². The Hall–Kier alpha value is -1.29. The molecule has 0 radical (unpaired) electrons. The van der Waals surface area contributed by atoms with Gasteiger partial charge in [-0.3, -0.25) is 4.79 Å². The van der Waals surface area contributed by atoms with Gasteiger partial charge in [0.05, 0.1) is 12.1 Å². The molecule has 1 unspecified atom stereocenters. The number of aliphatic hydroxyl groups excluding tert-OH is 1. The van der Waals surface area contributed by atoms with E-state index in [9.17, 15) is 9.90 Å². The molecule has 1 heterocycles. The highest BCUT2D eigenvalue weighted by Gasteiger charge is 2.42. The fourth-order valence-electron chi connectivity index (χ4n) is 2.35. The van der Waals surface area contributed by atoms with Crippen molar-refractivity contribution in [3.05, 3.63) is 24.0 Å². The first-order valence-electron chi connectivity index (χ1n) is 6.58. The van der Waals surface area contributed by atoms with Crippen LogP contribution in [0.1, 0.15) is 50.1 Å². The Labute approximate surface area is 108 Å². The molecule has 2 N–H and O–H groups in total. The molecule has 1 saturated carbocycles. The summed E-state index contributed by atoms with van der Waals surface area (Å²) in [6.07, 6.45) is 4.08. The zero-order valence-electron chi connectivity index (χ0n) is 11.3. The summed E-state index contributed by atoms with van der Waals surface area (Å²) in [7, 11) is 0. The quantitative estimate of drug-likeness (QED) is 0.839. The number of hydrogen-bond acceptors (Lipinski definition) is 2. The van der Waals surface area contributed by atoms with E-state index in [-0.39, 0.29) is 18.6 Å². The van der Waals surface area contributed by atoms with Crippen LogP contribution in [-0.2, 0) is 0 Å². The number of aromatic nitrogens is 1. The Bertz CT molecular complexity index is 435. The van der Waals surface area contributed by atoms with Crippen LogP contribution >= 0.6 is 0 Å². The molecule has 18 heavy (non-hydrogen) atoms. The van der Waals surface area contributed by atoms with Gasteiger partial charge in [0.15, 0.2) is 0 Å². The number of rotatable bonds is 5. The van der Waals surface area contributed by atoms with Crippen molar-refractivity contribution in [3.63, 3.8) is 0 Å². The predicted molar refractivity (Wildman–Crippen MR) is 70.5 cm³/mol. The van der Waals surface area contributed by atoms with Crippen molar-refractivity contribution in [1.82, 2.24) is 9.88 Å². The van der Waals surface area contributed by atoms with Gasteiger partial charge in [0.25, 0.3) is 5.91 Å². The normalized spacial score (nSPS) is 18.7. The minimum atomic E-state index is -0.483. The zero-order valence-corrected chi connectivity index (χ0v) is 11.3. The van der Waals surface area contributed by atoms with E-state index in [1.807, 2.05) is 43.7 Å². The van der Waals surface area contributed by atoms with E-state index in [1.54, 1.807) is 0 Å². The maximum absolute atomic E-state index is 12.3. The van der Waals surface area contributed by atoms with Crippen LogP contribution in [-0.4, -0.2) is 27.7 Å². The highest BCUT2D eigenvalue weighted by Crippen LogP contribution is 2.39. The molecule has 0 spiro atoms. The van der Waals surface area contributed by atoms with E-state index < -0.39 is 5.54 Å². The predicted octanol–water partition coefficient (Wildman–Crippen LogP) is 1.96. The molecule has 1 aromatic rings. The lowest BCUT2D eigenvalue weighted by Crippen LogP contribution is -2.51. The third-order valence-corrected chi connectivity index (χ3v) is 3.77. The van der Waals surface area contributed by atoms with E-state index >= 15 is 0 Å². The van der Waals surface area contributed by atoms with Crippen LogP contribution in [0.5, 0.6) is 0 Å². The summed E-state index contributed by atoms with van der Waals surface area (Å²) in [5, 5.41) is 12.5. The van der Waals surface area contributed by atoms with Gasteiger partial charge in [-0.15, -0.1) is 0 Å². The van der Waals surface area contributed by atoms with Crippen molar-refractivity contribution < 1.29 is 9.90 Å². The number of nitrogens with zero attached hydrogens (tertiary/aromatic N) is 1. The number of hydrogen-bond donors (Lipinski definition) is 2. The van der Waals surface area contributed by atoms with Crippen molar-refractivity contribution in [2.45, 2.75) is 45.2 Å². The first-order valence-corrected chi connectivity index (χ1v) is 6.58. The van der Waals surface area contributed by atoms with E-state index in [0.29, 0.717) is 11.6 Å². The maximum Gasteiger partial charge on any atom is 0.268 e. The van der Waals surface area contributed by atoms with Gasteiger partial charge in [-0.25, -0.2) is 0 Å². The van der Waals surface area contributed by atoms with Crippen molar-refractivity contribution in [1.29, 1.82) is 0 Å². The summed E-state index contributed by atoms with van der Waals surface area (Å²) >= 11 is 0. The first-order chi connectivity index (χ1) is 8.48. The van der Waals surface area contributed by atoms with Gasteiger partial charge in [-0.05, 0) is 51.7 Å². The van der Waals surface area contributed by atoms with E-state index in [0.717, 1.165) is 12.8 Å². The lowest BCUT2D eigenvalue weighted by Gasteiger charge is -2.29. The van der Waals surface area contributed by atoms with Crippen LogP contribution < -0.4 is 5.32 Å². The minimum Gasteiger partial charge on any atom is -0.394 e. The molecule has 2 rings (SSSR count). The molecule has 1 fully saturated rings. The first kappa shape index (κ1) is 13.1. The SMILES string of the molecule is CC(C)n1cccc1C(=O)NC(C)(CO)C1CC1. The molecule has 100 valence electrons. The monoisotopic (exact) mass is 250 g/mol. The average molecular weight is 250 g/mol. The van der Waals surface area contributed by atoms with E-state index in [4.69, 9.17) is 0 Å².